The molecule has 0 amide bonds. The molecule has 0 saturated carbocycles. The van der Waals surface area contributed by atoms with E-state index in [4.69, 9.17) is 5.73 Å². The van der Waals surface area contributed by atoms with E-state index >= 15 is 0 Å². The molecule has 0 atom stereocenters. The van der Waals surface area contributed by atoms with Crippen LogP contribution in [0.3, 0.4) is 0 Å². The fraction of sp³-hybridized carbons (Fsp3) is 0.200. The first-order valence-electron chi connectivity index (χ1n) is 5.10. The van der Waals surface area contributed by atoms with E-state index in [0.29, 0.717) is 5.92 Å². The zero-order valence-electron chi connectivity index (χ0n) is 10.5. The van der Waals surface area contributed by atoms with Gasteiger partial charge in [-0.2, -0.15) is 0 Å². The molecule has 0 bridgehead atoms. The number of rotatable bonds is 5. The lowest BCUT2D eigenvalue weighted by molar-refractivity contribution is 0.761. The highest BCUT2D eigenvalue weighted by molar-refractivity contribution is 5.42. The molecule has 0 spiro atoms. The lowest BCUT2D eigenvalue weighted by atomic mass is 10.1. The van der Waals surface area contributed by atoms with E-state index in [9.17, 15) is 0 Å². The van der Waals surface area contributed by atoms with E-state index in [-0.39, 0.29) is 0 Å². The molecular weight excluding hydrogens is 194 g/mol. The van der Waals surface area contributed by atoms with Gasteiger partial charge >= 0.3 is 0 Å². The molecular formula is C15H23N. The van der Waals surface area contributed by atoms with Crippen LogP contribution in [-0.2, 0) is 0 Å². The minimum absolute atomic E-state index is 0.435. The van der Waals surface area contributed by atoms with Crippen molar-refractivity contribution in [2.45, 2.75) is 13.8 Å². The molecule has 16 heavy (non-hydrogen) atoms. The second-order valence-corrected chi connectivity index (χ2v) is 3.58. The zero-order chi connectivity index (χ0) is 13.1. The molecule has 0 radical (unpaired) electrons. The molecule has 1 nitrogen and oxygen atoms in total. The second-order valence-electron chi connectivity index (χ2n) is 3.58. The minimum Gasteiger partial charge on any atom is -0.402 e. The quantitative estimate of drug-likeness (QED) is 0.688. The van der Waals surface area contributed by atoms with E-state index in [1.807, 2.05) is 26.0 Å². The lowest BCUT2D eigenvalue weighted by Crippen LogP contribution is -2.01. The molecule has 1 heteroatoms. The first kappa shape index (κ1) is 16.7. The number of hydrogen-bond donors (Lipinski definition) is 1. The molecule has 0 heterocycles. The molecule has 0 aromatic carbocycles. The molecule has 0 saturated heterocycles. The van der Waals surface area contributed by atoms with Crippen LogP contribution in [-0.4, -0.2) is 0 Å². The molecule has 0 rings (SSSR count). The van der Waals surface area contributed by atoms with Crippen molar-refractivity contribution in [3.05, 3.63) is 74.0 Å². The summed E-state index contributed by atoms with van der Waals surface area (Å²) in [7, 11) is 0. The summed E-state index contributed by atoms with van der Waals surface area (Å²) in [6.45, 7) is 22.1. The largest absolute Gasteiger partial charge is 0.402 e. The molecule has 0 aliphatic heterocycles. The van der Waals surface area contributed by atoms with Crippen molar-refractivity contribution in [1.29, 1.82) is 0 Å². The van der Waals surface area contributed by atoms with E-state index in [1.165, 1.54) is 0 Å². The maximum atomic E-state index is 5.24. The summed E-state index contributed by atoms with van der Waals surface area (Å²) in [6, 6.07) is 0. The Hall–Kier alpha value is -1.76. The molecule has 0 unspecified atom stereocenters. The monoisotopic (exact) mass is 217 g/mol. The van der Waals surface area contributed by atoms with Crippen LogP contribution in [0, 0.1) is 5.92 Å². The number of allylic oxidation sites excluding steroid dienone is 7. The van der Waals surface area contributed by atoms with Gasteiger partial charge < -0.3 is 5.73 Å². The molecule has 0 aromatic heterocycles. The van der Waals surface area contributed by atoms with Crippen LogP contribution < -0.4 is 5.73 Å². The van der Waals surface area contributed by atoms with Gasteiger partial charge in [0.15, 0.2) is 0 Å². The topological polar surface area (TPSA) is 26.0 Å². The predicted molar refractivity (Wildman–Crippen MR) is 76.0 cm³/mol. The van der Waals surface area contributed by atoms with Gasteiger partial charge in [0, 0.05) is 5.70 Å². The normalized spacial score (nSPS) is 9.19. The van der Waals surface area contributed by atoms with Crippen molar-refractivity contribution >= 4 is 0 Å². The SMILES string of the molecule is C=C(N)C(C)C.C=C/C=C\C(=C)C(=C)C=C. The smallest absolute Gasteiger partial charge is 0.00334 e. The van der Waals surface area contributed by atoms with Crippen LogP contribution in [0.4, 0.5) is 0 Å². The molecule has 0 aliphatic rings. The standard InChI is InChI=1S/C10H12.C5H11N/c1-5-7-8-10(4)9(3)6-2;1-4(2)5(3)6/h5-8H,1-4H2;4H,3,6H2,1-2H3/b8-7-;. The minimum atomic E-state index is 0.435. The van der Waals surface area contributed by atoms with E-state index < -0.39 is 0 Å². The van der Waals surface area contributed by atoms with Crippen LogP contribution in [0.1, 0.15) is 13.8 Å². The maximum absolute atomic E-state index is 5.24. The summed E-state index contributed by atoms with van der Waals surface area (Å²) < 4.78 is 0. The summed E-state index contributed by atoms with van der Waals surface area (Å²) in [4.78, 5) is 0. The summed E-state index contributed by atoms with van der Waals surface area (Å²) in [6.07, 6.45) is 7.03. The Morgan fingerprint density at radius 3 is 1.75 bits per heavy atom. The van der Waals surface area contributed by atoms with Crippen LogP contribution in [0.15, 0.2) is 74.0 Å². The van der Waals surface area contributed by atoms with E-state index in [1.54, 1.807) is 12.2 Å². The third kappa shape index (κ3) is 10.3. The summed E-state index contributed by atoms with van der Waals surface area (Å²) in [5.41, 5.74) is 7.72. The van der Waals surface area contributed by atoms with Gasteiger partial charge in [-0.25, -0.2) is 0 Å². The van der Waals surface area contributed by atoms with Gasteiger partial charge in [-0.05, 0) is 17.1 Å². The van der Waals surface area contributed by atoms with Crippen molar-refractivity contribution in [1.82, 2.24) is 0 Å². The first-order valence-corrected chi connectivity index (χ1v) is 5.10. The van der Waals surface area contributed by atoms with Crippen molar-refractivity contribution in [3.63, 3.8) is 0 Å². The number of hydrogen-bond acceptors (Lipinski definition) is 1. The van der Waals surface area contributed by atoms with E-state index in [2.05, 4.69) is 32.9 Å². The molecule has 0 fully saturated rings. The van der Waals surface area contributed by atoms with Crippen molar-refractivity contribution in [2.24, 2.45) is 11.7 Å². The molecule has 0 aliphatic carbocycles. The predicted octanol–water partition coefficient (Wildman–Crippen LogP) is 4.14. The average molecular weight is 217 g/mol. The van der Waals surface area contributed by atoms with Gasteiger partial charge in [0.25, 0.3) is 0 Å². The van der Waals surface area contributed by atoms with Gasteiger partial charge in [0.1, 0.15) is 0 Å². The van der Waals surface area contributed by atoms with Crippen LogP contribution in [0.5, 0.6) is 0 Å². The van der Waals surface area contributed by atoms with Gasteiger partial charge in [0.2, 0.25) is 0 Å². The Morgan fingerprint density at radius 2 is 1.50 bits per heavy atom. The van der Waals surface area contributed by atoms with Crippen molar-refractivity contribution < 1.29 is 0 Å². The summed E-state index contributed by atoms with van der Waals surface area (Å²) in [5.74, 6) is 0.435. The summed E-state index contributed by atoms with van der Waals surface area (Å²) in [5, 5.41) is 0. The van der Waals surface area contributed by atoms with Crippen molar-refractivity contribution in [2.75, 3.05) is 0 Å². The third-order valence-electron chi connectivity index (χ3n) is 1.83. The maximum Gasteiger partial charge on any atom is 0.00334 e. The average Bonchev–Trinajstić information content (AvgIpc) is 2.25. The molecule has 0 aromatic rings. The lowest BCUT2D eigenvalue weighted by Gasteiger charge is -1.98. The zero-order valence-corrected chi connectivity index (χ0v) is 10.5. The van der Waals surface area contributed by atoms with E-state index in [0.717, 1.165) is 16.8 Å². The molecule has 2 N–H and O–H groups in total. The van der Waals surface area contributed by atoms with Gasteiger partial charge in [-0.1, -0.05) is 71.0 Å². The Bertz CT molecular complexity index is 303. The fourth-order valence-electron chi connectivity index (χ4n) is 0.422. The van der Waals surface area contributed by atoms with Crippen LogP contribution in [0.25, 0.3) is 0 Å². The van der Waals surface area contributed by atoms with Gasteiger partial charge in [0.05, 0.1) is 0 Å². The Morgan fingerprint density at radius 1 is 1.06 bits per heavy atom. The Balaban J connectivity index is 0. The van der Waals surface area contributed by atoms with Gasteiger partial charge in [-0.15, -0.1) is 0 Å². The molecule has 88 valence electrons. The highest BCUT2D eigenvalue weighted by Gasteiger charge is 1.88. The van der Waals surface area contributed by atoms with Crippen LogP contribution in [0.2, 0.25) is 0 Å². The van der Waals surface area contributed by atoms with Crippen molar-refractivity contribution in [3.8, 4) is 0 Å². The highest BCUT2D eigenvalue weighted by atomic mass is 14.6. The fourth-order valence-corrected chi connectivity index (χ4v) is 0.422. The third-order valence-corrected chi connectivity index (χ3v) is 1.83. The summed E-state index contributed by atoms with van der Waals surface area (Å²) >= 11 is 0. The highest BCUT2D eigenvalue weighted by Crippen LogP contribution is 2.06. The van der Waals surface area contributed by atoms with Gasteiger partial charge in [-0.3, -0.25) is 0 Å². The number of nitrogens with two attached hydrogens (primary N) is 1. The Kier molecular flexibility index (Phi) is 10.2. The van der Waals surface area contributed by atoms with Crippen LogP contribution >= 0.6 is 0 Å². The first-order chi connectivity index (χ1) is 7.36. The second kappa shape index (κ2) is 9.78. The Labute approximate surface area is 100 Å².